The number of nitrogens with one attached hydrogen (secondary N) is 1. The van der Waals surface area contributed by atoms with Crippen LogP contribution >= 0.6 is 0 Å². The third kappa shape index (κ3) is 2.50. The van der Waals surface area contributed by atoms with Gasteiger partial charge in [-0.3, -0.25) is 4.79 Å². The maximum absolute atomic E-state index is 11.5. The van der Waals surface area contributed by atoms with E-state index in [9.17, 15) is 4.79 Å². The van der Waals surface area contributed by atoms with Crippen LogP contribution in [-0.4, -0.2) is 16.5 Å². The minimum absolute atomic E-state index is 0.0481. The van der Waals surface area contributed by atoms with Gasteiger partial charge in [-0.05, 0) is 31.7 Å². The van der Waals surface area contributed by atoms with Crippen LogP contribution in [0.2, 0.25) is 0 Å². The molecule has 0 amide bonds. The molecule has 4 nitrogen and oxygen atoms in total. The van der Waals surface area contributed by atoms with Gasteiger partial charge >= 0.3 is 0 Å². The second kappa shape index (κ2) is 4.78. The van der Waals surface area contributed by atoms with Crippen LogP contribution in [0.5, 0.6) is 0 Å². The maximum Gasteiger partial charge on any atom is 0.251 e. The highest BCUT2D eigenvalue weighted by Gasteiger charge is 2.24. The molecule has 1 fully saturated rings. The monoisotopic (exact) mass is 221 g/mol. The molecule has 16 heavy (non-hydrogen) atoms. The summed E-state index contributed by atoms with van der Waals surface area (Å²) in [7, 11) is 0. The summed E-state index contributed by atoms with van der Waals surface area (Å²) >= 11 is 0. The van der Waals surface area contributed by atoms with Gasteiger partial charge in [-0.25, -0.2) is 4.98 Å². The molecule has 2 rings (SSSR count). The highest BCUT2D eigenvalue weighted by molar-refractivity contribution is 5.08. The molecule has 1 heterocycles. The van der Waals surface area contributed by atoms with Crippen molar-refractivity contribution in [1.29, 1.82) is 0 Å². The molecular formula is C12H19N3O. The third-order valence-electron chi connectivity index (χ3n) is 3.30. The Morgan fingerprint density at radius 2 is 2.38 bits per heavy atom. The second-order valence-corrected chi connectivity index (χ2v) is 4.78. The molecule has 1 aliphatic carbocycles. The largest absolute Gasteiger partial charge is 0.330 e. The Morgan fingerprint density at radius 3 is 3.00 bits per heavy atom. The number of nitrogens with two attached hydrogens (primary N) is 1. The molecule has 2 unspecified atom stereocenters. The fourth-order valence-electron chi connectivity index (χ4n) is 2.45. The fraction of sp³-hybridized carbons (Fsp3) is 0.667. The molecule has 88 valence electrons. The van der Waals surface area contributed by atoms with Gasteiger partial charge in [-0.1, -0.05) is 6.92 Å². The van der Waals surface area contributed by atoms with Crippen molar-refractivity contribution in [3.05, 3.63) is 27.9 Å². The predicted octanol–water partition coefficient (Wildman–Crippen LogP) is 1.17. The first-order valence-electron chi connectivity index (χ1n) is 5.99. The lowest BCUT2D eigenvalue weighted by atomic mass is 10.1. The van der Waals surface area contributed by atoms with Crippen molar-refractivity contribution in [2.45, 2.75) is 38.5 Å². The van der Waals surface area contributed by atoms with Crippen molar-refractivity contribution >= 4 is 0 Å². The average Bonchev–Trinajstić information content (AvgIpc) is 2.64. The summed E-state index contributed by atoms with van der Waals surface area (Å²) in [6, 6.07) is 1.55. The van der Waals surface area contributed by atoms with Gasteiger partial charge in [0, 0.05) is 24.1 Å². The zero-order valence-electron chi connectivity index (χ0n) is 9.70. The molecule has 0 spiro atoms. The molecule has 3 N–H and O–H groups in total. The van der Waals surface area contributed by atoms with E-state index in [2.05, 4.69) is 16.9 Å². The normalized spacial score (nSPS) is 24.9. The molecule has 0 aromatic carbocycles. The number of aromatic amines is 1. The van der Waals surface area contributed by atoms with Crippen LogP contribution in [0.4, 0.5) is 0 Å². The van der Waals surface area contributed by atoms with E-state index in [1.54, 1.807) is 6.07 Å². The molecule has 1 aromatic heterocycles. The highest BCUT2D eigenvalue weighted by atomic mass is 16.1. The molecule has 1 saturated carbocycles. The highest BCUT2D eigenvalue weighted by Crippen LogP contribution is 2.35. The number of aromatic nitrogens is 2. The van der Waals surface area contributed by atoms with E-state index < -0.39 is 0 Å². The van der Waals surface area contributed by atoms with Gasteiger partial charge in [0.2, 0.25) is 0 Å². The lowest BCUT2D eigenvalue weighted by molar-refractivity contribution is 0.582. The van der Waals surface area contributed by atoms with Crippen LogP contribution in [0.1, 0.15) is 43.6 Å². The number of nitrogens with zero attached hydrogens (tertiary/aromatic N) is 1. The molecule has 1 aliphatic rings. The van der Waals surface area contributed by atoms with Crippen molar-refractivity contribution in [2.75, 3.05) is 6.54 Å². The minimum atomic E-state index is -0.0481. The Balaban J connectivity index is 2.23. The molecule has 2 atom stereocenters. The first-order chi connectivity index (χ1) is 7.69. The quantitative estimate of drug-likeness (QED) is 0.805. The van der Waals surface area contributed by atoms with Crippen molar-refractivity contribution < 1.29 is 0 Å². The second-order valence-electron chi connectivity index (χ2n) is 4.78. The number of hydrogen-bond donors (Lipinski definition) is 2. The van der Waals surface area contributed by atoms with Gasteiger partial charge in [-0.15, -0.1) is 0 Å². The van der Waals surface area contributed by atoms with Crippen molar-refractivity contribution in [3.63, 3.8) is 0 Å². The maximum atomic E-state index is 11.5. The lowest BCUT2D eigenvalue weighted by Gasteiger charge is -2.09. The fourth-order valence-corrected chi connectivity index (χ4v) is 2.45. The predicted molar refractivity (Wildman–Crippen MR) is 63.4 cm³/mol. The van der Waals surface area contributed by atoms with Crippen LogP contribution in [0.3, 0.4) is 0 Å². The van der Waals surface area contributed by atoms with E-state index >= 15 is 0 Å². The zero-order chi connectivity index (χ0) is 11.5. The SMILES string of the molecule is CC1CCC(c2nc(CCN)cc(=O)[nH]2)C1. The first kappa shape index (κ1) is 11.3. The summed E-state index contributed by atoms with van der Waals surface area (Å²) in [6.45, 7) is 2.79. The molecular weight excluding hydrogens is 202 g/mol. The Kier molecular flexibility index (Phi) is 3.39. The van der Waals surface area contributed by atoms with Crippen molar-refractivity contribution in [1.82, 2.24) is 9.97 Å². The molecule has 4 heteroatoms. The zero-order valence-corrected chi connectivity index (χ0v) is 9.70. The van der Waals surface area contributed by atoms with Crippen molar-refractivity contribution in [3.8, 4) is 0 Å². The van der Waals surface area contributed by atoms with E-state index in [0.29, 0.717) is 18.9 Å². The minimum Gasteiger partial charge on any atom is -0.330 e. The third-order valence-corrected chi connectivity index (χ3v) is 3.30. The van der Waals surface area contributed by atoms with Gasteiger partial charge in [0.1, 0.15) is 5.82 Å². The number of rotatable bonds is 3. The van der Waals surface area contributed by atoms with Crippen LogP contribution in [0.15, 0.2) is 10.9 Å². The van der Waals surface area contributed by atoms with E-state index in [1.807, 2.05) is 0 Å². The number of H-pyrrole nitrogens is 1. The summed E-state index contributed by atoms with van der Waals surface area (Å²) < 4.78 is 0. The lowest BCUT2D eigenvalue weighted by Crippen LogP contribution is -2.16. The summed E-state index contributed by atoms with van der Waals surface area (Å²) in [5, 5.41) is 0. The van der Waals surface area contributed by atoms with Crippen LogP contribution in [0.25, 0.3) is 0 Å². The van der Waals surface area contributed by atoms with E-state index in [-0.39, 0.29) is 5.56 Å². The Bertz CT molecular complexity index is 413. The van der Waals surface area contributed by atoms with Crippen LogP contribution < -0.4 is 11.3 Å². The van der Waals surface area contributed by atoms with Gasteiger partial charge in [0.05, 0.1) is 0 Å². The summed E-state index contributed by atoms with van der Waals surface area (Å²) in [6.07, 6.45) is 4.18. The van der Waals surface area contributed by atoms with E-state index in [1.165, 1.54) is 6.42 Å². The van der Waals surface area contributed by atoms with Gasteiger partial charge < -0.3 is 10.7 Å². The van der Waals surface area contributed by atoms with Crippen LogP contribution in [0, 0.1) is 5.92 Å². The molecule has 0 radical (unpaired) electrons. The summed E-state index contributed by atoms with van der Waals surface area (Å²) in [5.74, 6) is 2.04. The molecule has 1 aromatic rings. The topological polar surface area (TPSA) is 71.8 Å². The average molecular weight is 221 g/mol. The van der Waals surface area contributed by atoms with Gasteiger partial charge in [0.15, 0.2) is 0 Å². The van der Waals surface area contributed by atoms with Gasteiger partial charge in [0.25, 0.3) is 5.56 Å². The Morgan fingerprint density at radius 1 is 1.56 bits per heavy atom. The summed E-state index contributed by atoms with van der Waals surface area (Å²) in [4.78, 5) is 18.9. The summed E-state index contributed by atoms with van der Waals surface area (Å²) in [5.41, 5.74) is 6.26. The van der Waals surface area contributed by atoms with E-state index in [0.717, 1.165) is 30.3 Å². The molecule has 0 bridgehead atoms. The standard InChI is InChI=1S/C12H19N3O/c1-8-2-3-9(6-8)12-14-10(4-5-13)7-11(16)15-12/h7-9H,2-6,13H2,1H3,(H,14,15,16). The van der Waals surface area contributed by atoms with Crippen LogP contribution in [-0.2, 0) is 6.42 Å². The van der Waals surface area contributed by atoms with E-state index in [4.69, 9.17) is 5.73 Å². The molecule has 0 saturated heterocycles. The molecule has 0 aliphatic heterocycles. The Hall–Kier alpha value is -1.16. The first-order valence-corrected chi connectivity index (χ1v) is 5.99. The Labute approximate surface area is 95.3 Å². The smallest absolute Gasteiger partial charge is 0.251 e. The number of hydrogen-bond acceptors (Lipinski definition) is 3. The van der Waals surface area contributed by atoms with Gasteiger partial charge in [-0.2, -0.15) is 0 Å². The van der Waals surface area contributed by atoms with Crippen molar-refractivity contribution in [2.24, 2.45) is 11.7 Å².